The second-order valence-electron chi connectivity index (χ2n) is 7.85. The number of amides is 1. The highest BCUT2D eigenvalue weighted by Gasteiger charge is 2.49. The molecule has 1 fully saturated rings. The van der Waals surface area contributed by atoms with E-state index in [1.165, 1.54) is 30.5 Å². The summed E-state index contributed by atoms with van der Waals surface area (Å²) in [6, 6.07) is 10.9. The standard InChI is InChI=1S/C26H26N2O6S/c1-6-34-17-12-10-16(11-13-17)22(29)20-21(18-8-7-9-19(32-4)24(18)33-5)28(25(31)23(20)30)26-27-14(2)15(3)35-26/h7-13,21,29H,6H2,1-5H3/t21-/m1/s1. The third-order valence-corrected chi connectivity index (χ3v) is 6.91. The number of ether oxygens (including phenoxy) is 3. The molecule has 1 amide bonds. The summed E-state index contributed by atoms with van der Waals surface area (Å²) >= 11 is 1.31. The van der Waals surface area contributed by atoms with Crippen LogP contribution in [0.1, 0.15) is 34.7 Å². The summed E-state index contributed by atoms with van der Waals surface area (Å²) in [4.78, 5) is 33.5. The summed E-state index contributed by atoms with van der Waals surface area (Å²) in [5, 5.41) is 11.7. The van der Waals surface area contributed by atoms with E-state index in [1.807, 2.05) is 20.8 Å². The lowest BCUT2D eigenvalue weighted by Crippen LogP contribution is -2.29. The van der Waals surface area contributed by atoms with Crippen LogP contribution in [0, 0.1) is 13.8 Å². The Morgan fingerprint density at radius 1 is 1.09 bits per heavy atom. The molecular formula is C26H26N2O6S. The van der Waals surface area contributed by atoms with Crippen molar-refractivity contribution in [1.29, 1.82) is 0 Å². The van der Waals surface area contributed by atoms with Crippen molar-refractivity contribution >= 4 is 33.9 Å². The number of aromatic nitrogens is 1. The lowest BCUT2D eigenvalue weighted by atomic mass is 9.94. The first-order chi connectivity index (χ1) is 16.8. The Balaban J connectivity index is 1.97. The highest BCUT2D eigenvalue weighted by Crippen LogP contribution is 2.48. The average molecular weight is 495 g/mol. The molecule has 0 bridgehead atoms. The Hall–Kier alpha value is -3.85. The number of Topliss-reactive ketones (excluding diaryl/α,β-unsaturated/α-hetero) is 1. The number of aryl methyl sites for hydroxylation is 2. The van der Waals surface area contributed by atoms with Crippen molar-refractivity contribution in [2.24, 2.45) is 0 Å². The van der Waals surface area contributed by atoms with Crippen LogP contribution < -0.4 is 19.1 Å². The Kier molecular flexibility index (Phi) is 6.79. The zero-order valence-corrected chi connectivity index (χ0v) is 20.9. The van der Waals surface area contributed by atoms with Gasteiger partial charge in [0.15, 0.2) is 16.6 Å². The number of hydrogen-bond donors (Lipinski definition) is 1. The quantitative estimate of drug-likeness (QED) is 0.286. The summed E-state index contributed by atoms with van der Waals surface area (Å²) in [7, 11) is 2.99. The molecule has 182 valence electrons. The van der Waals surface area contributed by atoms with Crippen molar-refractivity contribution in [3.63, 3.8) is 0 Å². The van der Waals surface area contributed by atoms with E-state index in [4.69, 9.17) is 14.2 Å². The van der Waals surface area contributed by atoms with Gasteiger partial charge in [0, 0.05) is 16.0 Å². The Morgan fingerprint density at radius 2 is 1.80 bits per heavy atom. The van der Waals surface area contributed by atoms with Crippen molar-refractivity contribution in [3.05, 3.63) is 69.7 Å². The maximum Gasteiger partial charge on any atom is 0.301 e. The number of methoxy groups -OCH3 is 2. The molecule has 1 aromatic heterocycles. The van der Waals surface area contributed by atoms with Crippen LogP contribution in [0.3, 0.4) is 0 Å². The van der Waals surface area contributed by atoms with Crippen LogP contribution in [-0.4, -0.2) is 42.6 Å². The molecule has 1 atom stereocenters. The number of aliphatic hydroxyl groups excluding tert-OH is 1. The first-order valence-electron chi connectivity index (χ1n) is 11.0. The van der Waals surface area contributed by atoms with Crippen molar-refractivity contribution in [3.8, 4) is 17.2 Å². The van der Waals surface area contributed by atoms with Crippen LogP contribution in [0.15, 0.2) is 48.0 Å². The highest BCUT2D eigenvalue weighted by molar-refractivity contribution is 7.16. The third-order valence-electron chi connectivity index (χ3n) is 5.83. The van der Waals surface area contributed by atoms with Crippen LogP contribution in [-0.2, 0) is 9.59 Å². The van der Waals surface area contributed by atoms with Gasteiger partial charge in [0.05, 0.1) is 32.1 Å². The van der Waals surface area contributed by atoms with Gasteiger partial charge >= 0.3 is 5.91 Å². The van der Waals surface area contributed by atoms with E-state index in [-0.39, 0.29) is 11.3 Å². The zero-order valence-electron chi connectivity index (χ0n) is 20.1. The maximum absolute atomic E-state index is 13.4. The predicted octanol–water partition coefficient (Wildman–Crippen LogP) is 4.80. The molecule has 1 aliphatic rings. The predicted molar refractivity (Wildman–Crippen MR) is 134 cm³/mol. The lowest BCUT2D eigenvalue weighted by molar-refractivity contribution is -0.132. The smallest absolute Gasteiger partial charge is 0.301 e. The average Bonchev–Trinajstić information content (AvgIpc) is 3.33. The van der Waals surface area contributed by atoms with Crippen molar-refractivity contribution in [1.82, 2.24) is 4.98 Å². The molecule has 35 heavy (non-hydrogen) atoms. The van der Waals surface area contributed by atoms with E-state index in [0.29, 0.717) is 40.1 Å². The van der Waals surface area contributed by atoms with Gasteiger partial charge in [0.1, 0.15) is 17.6 Å². The van der Waals surface area contributed by atoms with Crippen molar-refractivity contribution in [2.75, 3.05) is 25.7 Å². The Morgan fingerprint density at radius 3 is 2.37 bits per heavy atom. The number of hydrogen-bond acceptors (Lipinski definition) is 8. The molecule has 4 rings (SSSR count). The fourth-order valence-electron chi connectivity index (χ4n) is 4.04. The molecule has 9 heteroatoms. The summed E-state index contributed by atoms with van der Waals surface area (Å²) in [5.41, 5.74) is 1.57. The third kappa shape index (κ3) is 4.23. The first kappa shape index (κ1) is 24.3. The number of carbonyl (C=O) groups is 2. The highest BCUT2D eigenvalue weighted by atomic mass is 32.1. The van der Waals surface area contributed by atoms with Crippen LogP contribution >= 0.6 is 11.3 Å². The van der Waals surface area contributed by atoms with Gasteiger partial charge in [-0.1, -0.05) is 12.1 Å². The molecular weight excluding hydrogens is 468 g/mol. The van der Waals surface area contributed by atoms with Gasteiger partial charge in [-0.25, -0.2) is 4.98 Å². The Bertz CT molecular complexity index is 1290. The molecule has 2 heterocycles. The van der Waals surface area contributed by atoms with Gasteiger partial charge in [-0.05, 0) is 51.1 Å². The van der Waals surface area contributed by atoms with Gasteiger partial charge in [0.2, 0.25) is 0 Å². The second kappa shape index (κ2) is 9.79. The molecule has 0 unspecified atom stereocenters. The molecule has 3 aromatic rings. The number of carbonyl (C=O) groups excluding carboxylic acids is 2. The van der Waals surface area contributed by atoms with Gasteiger partial charge in [-0.3, -0.25) is 14.5 Å². The minimum Gasteiger partial charge on any atom is -0.507 e. The number of nitrogens with zero attached hydrogens (tertiary/aromatic N) is 2. The van der Waals surface area contributed by atoms with Crippen LogP contribution in [0.4, 0.5) is 5.13 Å². The van der Waals surface area contributed by atoms with Crippen LogP contribution in [0.25, 0.3) is 5.76 Å². The minimum absolute atomic E-state index is 0.0591. The molecule has 0 spiro atoms. The number of ketones is 1. The van der Waals surface area contributed by atoms with Gasteiger partial charge < -0.3 is 19.3 Å². The molecule has 1 saturated heterocycles. The summed E-state index contributed by atoms with van der Waals surface area (Å²) in [6.45, 7) is 6.11. The van der Waals surface area contributed by atoms with Gasteiger partial charge in [-0.2, -0.15) is 0 Å². The fraction of sp³-hybridized carbons (Fsp3) is 0.269. The van der Waals surface area contributed by atoms with Crippen molar-refractivity contribution in [2.45, 2.75) is 26.8 Å². The molecule has 8 nitrogen and oxygen atoms in total. The van der Waals surface area contributed by atoms with E-state index >= 15 is 0 Å². The van der Waals surface area contributed by atoms with Crippen LogP contribution in [0.5, 0.6) is 17.2 Å². The molecule has 1 aliphatic heterocycles. The minimum atomic E-state index is -0.975. The van der Waals surface area contributed by atoms with E-state index in [9.17, 15) is 14.7 Å². The summed E-state index contributed by atoms with van der Waals surface area (Å²) in [6.07, 6.45) is 0. The number of benzene rings is 2. The van der Waals surface area contributed by atoms with Crippen molar-refractivity contribution < 1.29 is 28.9 Å². The molecule has 2 aromatic carbocycles. The zero-order chi connectivity index (χ0) is 25.3. The van der Waals surface area contributed by atoms with E-state index in [1.54, 1.807) is 42.5 Å². The molecule has 0 aliphatic carbocycles. The summed E-state index contributed by atoms with van der Waals surface area (Å²) in [5.74, 6) is -0.464. The normalized spacial score (nSPS) is 17.1. The number of para-hydroxylation sites is 1. The topological polar surface area (TPSA) is 98.2 Å². The van der Waals surface area contributed by atoms with E-state index in [0.717, 1.165) is 10.6 Å². The molecule has 1 N–H and O–H groups in total. The number of thiazole rings is 1. The van der Waals surface area contributed by atoms with Gasteiger partial charge in [-0.15, -0.1) is 11.3 Å². The van der Waals surface area contributed by atoms with Gasteiger partial charge in [0.25, 0.3) is 5.78 Å². The van der Waals surface area contributed by atoms with E-state index in [2.05, 4.69) is 4.98 Å². The number of aliphatic hydroxyl groups is 1. The van der Waals surface area contributed by atoms with Crippen LogP contribution in [0.2, 0.25) is 0 Å². The lowest BCUT2D eigenvalue weighted by Gasteiger charge is -2.25. The fourth-order valence-corrected chi connectivity index (χ4v) is 4.98. The summed E-state index contributed by atoms with van der Waals surface area (Å²) < 4.78 is 16.6. The maximum atomic E-state index is 13.4. The molecule has 0 saturated carbocycles. The largest absolute Gasteiger partial charge is 0.507 e. The second-order valence-corrected chi connectivity index (χ2v) is 9.03. The monoisotopic (exact) mass is 494 g/mol. The molecule has 0 radical (unpaired) electrons. The Labute approximate surface area is 207 Å². The van der Waals surface area contributed by atoms with E-state index < -0.39 is 17.7 Å². The SMILES string of the molecule is CCOc1ccc(C(O)=C2C(=O)C(=O)N(c3nc(C)c(C)s3)[C@@H]2c2cccc(OC)c2OC)cc1. The first-order valence-corrected chi connectivity index (χ1v) is 11.8. The number of anilines is 1. The number of rotatable bonds is 7.